The maximum Gasteiger partial charge on any atom is 0.330 e. The molecule has 0 aliphatic heterocycles. The number of benzene rings is 3. The van der Waals surface area contributed by atoms with Gasteiger partial charge in [-0.3, -0.25) is 14.4 Å². The van der Waals surface area contributed by atoms with Crippen LogP contribution in [0.15, 0.2) is 92.0 Å². The van der Waals surface area contributed by atoms with Crippen molar-refractivity contribution in [2.45, 2.75) is 51.4 Å². The summed E-state index contributed by atoms with van der Waals surface area (Å²) in [4.78, 5) is 40.8. The van der Waals surface area contributed by atoms with Crippen LogP contribution in [0.25, 0.3) is 0 Å². The SMILES string of the molecule is C=CC(=O)OCCCCCCOc1ccc(C=O)cc1.C=CC=O.COCCCCCCOc1ccc(C=O)cc1.COc1ccc(OC)c(C=N)c1. The van der Waals surface area contributed by atoms with E-state index in [1.807, 2.05) is 12.1 Å². The van der Waals surface area contributed by atoms with E-state index in [9.17, 15) is 14.4 Å². The first-order chi connectivity index (χ1) is 25.8. The Bertz CT molecular complexity index is 1430. The Morgan fingerprint density at radius 3 is 1.45 bits per heavy atom. The van der Waals surface area contributed by atoms with Gasteiger partial charge in [0.1, 0.15) is 41.9 Å². The van der Waals surface area contributed by atoms with Gasteiger partial charge in [-0.15, -0.1) is 0 Å². The second kappa shape index (κ2) is 33.6. The first-order valence-electron chi connectivity index (χ1n) is 17.3. The number of allylic oxidation sites excluding steroid dienone is 1. The van der Waals surface area contributed by atoms with Gasteiger partial charge in [0.2, 0.25) is 0 Å². The zero-order valence-electron chi connectivity index (χ0n) is 31.3. The molecule has 3 aromatic rings. The van der Waals surface area contributed by atoms with Crippen molar-refractivity contribution in [2.24, 2.45) is 0 Å². The Morgan fingerprint density at radius 2 is 1.08 bits per heavy atom. The quantitative estimate of drug-likeness (QED) is 0.0332. The average Bonchev–Trinajstić information content (AvgIpc) is 3.22. The van der Waals surface area contributed by atoms with Crippen LogP contribution in [-0.4, -0.2) is 78.8 Å². The van der Waals surface area contributed by atoms with Gasteiger partial charge < -0.3 is 33.8 Å². The molecule has 0 amide bonds. The van der Waals surface area contributed by atoms with Crippen LogP contribution in [0, 0.1) is 5.41 Å². The molecule has 288 valence electrons. The van der Waals surface area contributed by atoms with Crippen LogP contribution < -0.4 is 18.9 Å². The van der Waals surface area contributed by atoms with E-state index in [1.54, 1.807) is 75.9 Å². The average molecular weight is 734 g/mol. The molecule has 0 radical (unpaired) electrons. The summed E-state index contributed by atoms with van der Waals surface area (Å²) in [5.41, 5.74) is 2.04. The lowest BCUT2D eigenvalue weighted by molar-refractivity contribution is -0.137. The molecule has 0 saturated heterocycles. The highest BCUT2D eigenvalue weighted by Gasteiger charge is 2.01. The van der Waals surface area contributed by atoms with Gasteiger partial charge in [0, 0.05) is 42.7 Å². The van der Waals surface area contributed by atoms with E-state index in [1.165, 1.54) is 24.8 Å². The molecule has 0 atom stereocenters. The summed E-state index contributed by atoms with van der Waals surface area (Å²) in [6.45, 7) is 9.10. The molecule has 0 aliphatic rings. The molecule has 0 saturated carbocycles. The number of esters is 1. The van der Waals surface area contributed by atoms with Crippen LogP contribution in [0.4, 0.5) is 0 Å². The molecule has 0 fully saturated rings. The number of carbonyl (C=O) groups excluding carboxylic acids is 4. The Labute approximate surface area is 314 Å². The minimum atomic E-state index is -0.368. The minimum absolute atomic E-state index is 0.368. The highest BCUT2D eigenvalue weighted by molar-refractivity contribution is 5.82. The van der Waals surface area contributed by atoms with Crippen LogP contribution in [-0.2, 0) is 19.1 Å². The monoisotopic (exact) mass is 733 g/mol. The number of hydrogen-bond donors (Lipinski definition) is 1. The first-order valence-corrected chi connectivity index (χ1v) is 17.3. The van der Waals surface area contributed by atoms with Gasteiger partial charge in [-0.1, -0.05) is 19.6 Å². The van der Waals surface area contributed by atoms with Gasteiger partial charge in [0.25, 0.3) is 0 Å². The van der Waals surface area contributed by atoms with Crippen molar-refractivity contribution in [3.63, 3.8) is 0 Å². The van der Waals surface area contributed by atoms with Crippen molar-refractivity contribution in [3.8, 4) is 23.0 Å². The van der Waals surface area contributed by atoms with Crippen LogP contribution in [0.5, 0.6) is 23.0 Å². The van der Waals surface area contributed by atoms with Crippen molar-refractivity contribution >= 4 is 31.0 Å². The van der Waals surface area contributed by atoms with E-state index < -0.39 is 0 Å². The number of methoxy groups -OCH3 is 3. The predicted octanol–water partition coefficient (Wildman–Crippen LogP) is 8.32. The molecule has 0 heterocycles. The molecule has 0 unspecified atom stereocenters. The number of unbranched alkanes of at least 4 members (excludes halogenated alkanes) is 6. The Kier molecular flexibility index (Phi) is 30.1. The summed E-state index contributed by atoms with van der Waals surface area (Å²) in [5.74, 6) is 2.65. The van der Waals surface area contributed by atoms with Crippen molar-refractivity contribution in [3.05, 3.63) is 109 Å². The fourth-order valence-electron chi connectivity index (χ4n) is 4.11. The molecule has 0 bridgehead atoms. The fraction of sp³-hybridized carbons (Fsp3) is 0.357. The molecule has 0 aliphatic carbocycles. The van der Waals surface area contributed by atoms with Gasteiger partial charge in [0.05, 0.1) is 34.0 Å². The molecule has 3 rings (SSSR count). The largest absolute Gasteiger partial charge is 0.497 e. The van der Waals surface area contributed by atoms with Crippen molar-refractivity contribution in [1.82, 2.24) is 0 Å². The van der Waals surface area contributed by atoms with E-state index in [0.29, 0.717) is 36.4 Å². The van der Waals surface area contributed by atoms with Gasteiger partial charge in [-0.2, -0.15) is 0 Å². The number of aldehydes is 3. The summed E-state index contributed by atoms with van der Waals surface area (Å²) in [6, 6.07) is 19.6. The Hall–Kier alpha value is -5.55. The summed E-state index contributed by atoms with van der Waals surface area (Å²) < 4.78 is 31.0. The van der Waals surface area contributed by atoms with Crippen LogP contribution >= 0.6 is 0 Å². The molecule has 53 heavy (non-hydrogen) atoms. The van der Waals surface area contributed by atoms with Gasteiger partial charge in [-0.25, -0.2) is 4.79 Å². The normalized spacial score (nSPS) is 9.42. The number of nitrogens with one attached hydrogen (secondary N) is 1. The van der Waals surface area contributed by atoms with Crippen LogP contribution in [0.2, 0.25) is 0 Å². The van der Waals surface area contributed by atoms with E-state index in [-0.39, 0.29) is 5.97 Å². The van der Waals surface area contributed by atoms with Crippen LogP contribution in [0.3, 0.4) is 0 Å². The van der Waals surface area contributed by atoms with Crippen molar-refractivity contribution < 1.29 is 47.6 Å². The van der Waals surface area contributed by atoms with Gasteiger partial charge in [-0.05, 0) is 118 Å². The maximum atomic E-state index is 10.8. The van der Waals surface area contributed by atoms with Crippen LogP contribution in [0.1, 0.15) is 77.6 Å². The Balaban J connectivity index is 0.000000745. The molecular weight excluding hydrogens is 678 g/mol. The summed E-state index contributed by atoms with van der Waals surface area (Å²) in [7, 11) is 4.90. The lowest BCUT2D eigenvalue weighted by Gasteiger charge is -2.06. The zero-order chi connectivity index (χ0) is 39.4. The molecular formula is C42H55NO10. The molecule has 0 spiro atoms. The lowest BCUT2D eigenvalue weighted by atomic mass is 10.2. The third kappa shape index (κ3) is 25.1. The molecule has 1 N–H and O–H groups in total. The lowest BCUT2D eigenvalue weighted by Crippen LogP contribution is -2.02. The van der Waals surface area contributed by atoms with E-state index in [0.717, 1.165) is 93.5 Å². The van der Waals surface area contributed by atoms with Gasteiger partial charge in [0.15, 0.2) is 0 Å². The maximum absolute atomic E-state index is 10.8. The number of carbonyl (C=O) groups is 4. The summed E-state index contributed by atoms with van der Waals surface area (Å²) in [6.07, 6.45) is 14.2. The van der Waals surface area contributed by atoms with E-state index >= 15 is 0 Å². The van der Waals surface area contributed by atoms with Gasteiger partial charge >= 0.3 is 5.97 Å². The molecule has 11 nitrogen and oxygen atoms in total. The predicted molar refractivity (Wildman–Crippen MR) is 208 cm³/mol. The Morgan fingerprint density at radius 1 is 0.623 bits per heavy atom. The summed E-state index contributed by atoms with van der Waals surface area (Å²) >= 11 is 0. The second-order valence-corrected chi connectivity index (χ2v) is 10.9. The first kappa shape index (κ1) is 47.4. The van der Waals surface area contributed by atoms with Crippen molar-refractivity contribution in [1.29, 1.82) is 5.41 Å². The third-order valence-electron chi connectivity index (χ3n) is 6.95. The number of hydrogen-bond acceptors (Lipinski definition) is 11. The highest BCUT2D eigenvalue weighted by Crippen LogP contribution is 2.22. The highest BCUT2D eigenvalue weighted by atomic mass is 16.5. The smallest absolute Gasteiger partial charge is 0.330 e. The minimum Gasteiger partial charge on any atom is -0.497 e. The van der Waals surface area contributed by atoms with E-state index in [2.05, 4.69) is 13.2 Å². The summed E-state index contributed by atoms with van der Waals surface area (Å²) in [5, 5.41) is 7.10. The number of ether oxygens (including phenoxy) is 6. The van der Waals surface area contributed by atoms with E-state index in [4.69, 9.17) is 38.6 Å². The molecule has 11 heteroatoms. The molecule has 0 aromatic heterocycles. The second-order valence-electron chi connectivity index (χ2n) is 10.9. The fourth-order valence-corrected chi connectivity index (χ4v) is 4.11. The van der Waals surface area contributed by atoms with Crippen molar-refractivity contribution in [2.75, 3.05) is 47.8 Å². The topological polar surface area (TPSA) is 148 Å². The third-order valence-corrected chi connectivity index (χ3v) is 6.95. The number of rotatable bonds is 23. The standard InChI is InChI=1S/C16H20O4.C14H20O3.C9H11NO2.C3H4O/c1-2-16(18)20-12-6-4-3-5-11-19-15-9-7-14(13-17)8-10-15;1-16-10-4-2-3-5-11-17-14-8-6-13(12-15)7-9-14;1-11-8-3-4-9(12-2)7(5-8)6-10;1-2-3-4/h2,7-10,13H,1,3-6,11-12H2;6-9,12H,2-5,10-11H2,1H3;3-6,10H,1-2H3;2-3H,1H2. The zero-order valence-corrected chi connectivity index (χ0v) is 31.3. The molecule has 3 aromatic carbocycles.